The van der Waals surface area contributed by atoms with E-state index in [1.54, 1.807) is 31.3 Å². The number of anilines is 2. The Balaban J connectivity index is 2.08. The van der Waals surface area contributed by atoms with E-state index in [9.17, 15) is 14.9 Å². The van der Waals surface area contributed by atoms with Crippen LogP contribution in [0.25, 0.3) is 0 Å². The number of nitrogens with one attached hydrogen (secondary N) is 2. The molecule has 0 saturated carbocycles. The van der Waals surface area contributed by atoms with E-state index in [-0.39, 0.29) is 5.76 Å². The van der Waals surface area contributed by atoms with Crippen molar-refractivity contribution in [3.05, 3.63) is 52.3 Å². The molecule has 0 fully saturated rings. The Morgan fingerprint density at radius 3 is 2.32 bits per heavy atom. The Hall–Kier alpha value is -2.83. The third-order valence-corrected chi connectivity index (χ3v) is 2.43. The predicted molar refractivity (Wildman–Crippen MR) is 69.3 cm³/mol. The van der Waals surface area contributed by atoms with E-state index in [0.29, 0.717) is 5.69 Å². The molecule has 98 valence electrons. The highest BCUT2D eigenvalue weighted by molar-refractivity contribution is 6.02. The maximum Gasteiger partial charge on any atom is 0.433 e. The maximum absolute atomic E-state index is 11.8. The molecule has 0 saturated heterocycles. The van der Waals surface area contributed by atoms with Gasteiger partial charge in [-0.2, -0.15) is 0 Å². The van der Waals surface area contributed by atoms with Crippen LogP contribution in [-0.4, -0.2) is 17.9 Å². The molecular weight excluding hydrogens is 250 g/mol. The number of benzene rings is 1. The lowest BCUT2D eigenvalue weighted by molar-refractivity contribution is -0.402. The normalized spacial score (nSPS) is 9.95. The van der Waals surface area contributed by atoms with E-state index in [1.165, 1.54) is 6.07 Å². The summed E-state index contributed by atoms with van der Waals surface area (Å²) in [6.07, 6.45) is 0. The Morgan fingerprint density at radius 1 is 1.16 bits per heavy atom. The average Bonchev–Trinajstić information content (AvgIpc) is 2.89. The van der Waals surface area contributed by atoms with Crippen molar-refractivity contribution in [1.29, 1.82) is 0 Å². The van der Waals surface area contributed by atoms with Crippen LogP contribution in [0.3, 0.4) is 0 Å². The van der Waals surface area contributed by atoms with Gasteiger partial charge < -0.3 is 15.1 Å². The van der Waals surface area contributed by atoms with Crippen molar-refractivity contribution in [1.82, 2.24) is 0 Å². The van der Waals surface area contributed by atoms with Crippen molar-refractivity contribution in [3.8, 4) is 0 Å². The minimum atomic E-state index is -0.696. The van der Waals surface area contributed by atoms with Crippen LogP contribution in [0.4, 0.5) is 17.3 Å². The van der Waals surface area contributed by atoms with Gasteiger partial charge in [0.1, 0.15) is 4.92 Å². The molecule has 7 heteroatoms. The highest BCUT2D eigenvalue weighted by atomic mass is 16.6. The highest BCUT2D eigenvalue weighted by Crippen LogP contribution is 2.18. The van der Waals surface area contributed by atoms with Crippen molar-refractivity contribution < 1.29 is 14.1 Å². The van der Waals surface area contributed by atoms with Gasteiger partial charge in [0, 0.05) is 18.4 Å². The van der Waals surface area contributed by atoms with Gasteiger partial charge in [-0.05, 0) is 30.3 Å². The second-order valence-corrected chi connectivity index (χ2v) is 3.68. The molecule has 0 radical (unpaired) electrons. The molecule has 2 aromatic rings. The third-order valence-electron chi connectivity index (χ3n) is 2.43. The molecule has 0 aliphatic heterocycles. The minimum Gasteiger partial charge on any atom is -0.395 e. The molecule has 2 N–H and O–H groups in total. The fourth-order valence-corrected chi connectivity index (χ4v) is 1.46. The first-order valence-electron chi connectivity index (χ1n) is 5.43. The molecule has 2 rings (SSSR count). The van der Waals surface area contributed by atoms with E-state index in [1.807, 2.05) is 0 Å². The van der Waals surface area contributed by atoms with Crippen LogP contribution in [0.2, 0.25) is 0 Å². The van der Waals surface area contributed by atoms with Crippen molar-refractivity contribution in [2.75, 3.05) is 17.7 Å². The molecule has 0 unspecified atom stereocenters. The second kappa shape index (κ2) is 5.21. The lowest BCUT2D eigenvalue weighted by Crippen LogP contribution is -2.10. The number of rotatable bonds is 4. The van der Waals surface area contributed by atoms with E-state index in [4.69, 9.17) is 4.42 Å². The van der Waals surface area contributed by atoms with E-state index in [2.05, 4.69) is 10.6 Å². The molecule has 0 atom stereocenters. The molecule has 1 aromatic heterocycles. The molecule has 0 spiro atoms. The number of hydrogen-bond donors (Lipinski definition) is 2. The van der Waals surface area contributed by atoms with E-state index >= 15 is 0 Å². The quantitative estimate of drug-likeness (QED) is 0.650. The molecule has 0 aliphatic rings. The summed E-state index contributed by atoms with van der Waals surface area (Å²) in [6, 6.07) is 9.40. The highest BCUT2D eigenvalue weighted by Gasteiger charge is 2.17. The van der Waals surface area contributed by atoms with Crippen molar-refractivity contribution in [3.63, 3.8) is 0 Å². The molecule has 0 aliphatic carbocycles. The zero-order valence-electron chi connectivity index (χ0n) is 10.0. The van der Waals surface area contributed by atoms with Gasteiger partial charge in [0.2, 0.25) is 0 Å². The zero-order valence-corrected chi connectivity index (χ0v) is 10.0. The maximum atomic E-state index is 11.8. The first-order chi connectivity index (χ1) is 9.10. The molecule has 1 heterocycles. The van der Waals surface area contributed by atoms with E-state index < -0.39 is 16.7 Å². The van der Waals surface area contributed by atoms with Gasteiger partial charge in [-0.25, -0.2) is 0 Å². The first-order valence-corrected chi connectivity index (χ1v) is 5.43. The summed E-state index contributed by atoms with van der Waals surface area (Å²) in [6.45, 7) is 0. The van der Waals surface area contributed by atoms with Gasteiger partial charge in [-0.3, -0.25) is 14.9 Å². The van der Waals surface area contributed by atoms with Crippen molar-refractivity contribution in [2.45, 2.75) is 0 Å². The van der Waals surface area contributed by atoms with Crippen LogP contribution >= 0.6 is 0 Å². The van der Waals surface area contributed by atoms with Crippen LogP contribution in [0, 0.1) is 10.1 Å². The van der Waals surface area contributed by atoms with Crippen molar-refractivity contribution in [2.24, 2.45) is 0 Å². The molecule has 0 bridgehead atoms. The number of nitrogens with zero attached hydrogens (tertiary/aromatic N) is 1. The second-order valence-electron chi connectivity index (χ2n) is 3.68. The summed E-state index contributed by atoms with van der Waals surface area (Å²) in [7, 11) is 1.79. The number of amides is 1. The summed E-state index contributed by atoms with van der Waals surface area (Å²) >= 11 is 0. The van der Waals surface area contributed by atoms with Gasteiger partial charge >= 0.3 is 5.88 Å². The summed E-state index contributed by atoms with van der Waals surface area (Å²) < 4.78 is 4.80. The molecule has 1 amide bonds. The first kappa shape index (κ1) is 12.6. The standard InChI is InChI=1S/C12H11N3O4/c1-13-8-2-4-9(5-3-8)14-12(16)10-6-7-11(19-10)15(17)18/h2-7,13H,1H3,(H,14,16). The van der Waals surface area contributed by atoms with Crippen LogP contribution < -0.4 is 10.6 Å². The Labute approximate surface area is 108 Å². The summed E-state index contributed by atoms with van der Waals surface area (Å²) in [5.41, 5.74) is 1.48. The Kier molecular flexibility index (Phi) is 3.46. The van der Waals surface area contributed by atoms with Gasteiger partial charge in [-0.15, -0.1) is 0 Å². The third kappa shape index (κ3) is 2.89. The van der Waals surface area contributed by atoms with Crippen LogP contribution in [0.15, 0.2) is 40.8 Å². The van der Waals surface area contributed by atoms with Crippen LogP contribution in [-0.2, 0) is 0 Å². The average molecular weight is 261 g/mol. The monoisotopic (exact) mass is 261 g/mol. The van der Waals surface area contributed by atoms with E-state index in [0.717, 1.165) is 11.8 Å². The number of carbonyl (C=O) groups excluding carboxylic acids is 1. The molecule has 1 aromatic carbocycles. The Bertz CT molecular complexity index is 604. The fraction of sp³-hybridized carbons (Fsp3) is 0.0833. The minimum absolute atomic E-state index is 0.107. The number of carbonyl (C=O) groups is 1. The summed E-state index contributed by atoms with van der Waals surface area (Å²) in [5.74, 6) is -1.11. The van der Waals surface area contributed by atoms with Gasteiger partial charge in [0.05, 0.1) is 6.07 Å². The largest absolute Gasteiger partial charge is 0.433 e. The van der Waals surface area contributed by atoms with Crippen LogP contribution in [0.1, 0.15) is 10.6 Å². The Morgan fingerprint density at radius 2 is 1.79 bits per heavy atom. The lowest BCUT2D eigenvalue weighted by atomic mass is 10.2. The summed E-state index contributed by atoms with van der Waals surface area (Å²) in [4.78, 5) is 21.5. The number of hydrogen-bond acceptors (Lipinski definition) is 5. The zero-order chi connectivity index (χ0) is 13.8. The number of furan rings is 1. The SMILES string of the molecule is CNc1ccc(NC(=O)c2ccc([N+](=O)[O-])o2)cc1. The fourth-order valence-electron chi connectivity index (χ4n) is 1.46. The number of nitro groups is 1. The molecule has 19 heavy (non-hydrogen) atoms. The van der Waals surface area contributed by atoms with Crippen LogP contribution in [0.5, 0.6) is 0 Å². The lowest BCUT2D eigenvalue weighted by Gasteiger charge is -2.04. The van der Waals surface area contributed by atoms with Gasteiger partial charge in [-0.1, -0.05) is 0 Å². The predicted octanol–water partition coefficient (Wildman–Crippen LogP) is 2.48. The summed E-state index contributed by atoms with van der Waals surface area (Å²) in [5, 5.41) is 16.0. The topological polar surface area (TPSA) is 97.4 Å². The van der Waals surface area contributed by atoms with Gasteiger partial charge in [0.15, 0.2) is 5.76 Å². The smallest absolute Gasteiger partial charge is 0.395 e. The molecular formula is C12H11N3O4. The van der Waals surface area contributed by atoms with Gasteiger partial charge in [0.25, 0.3) is 5.91 Å². The molecule has 7 nitrogen and oxygen atoms in total. The van der Waals surface area contributed by atoms with Crippen molar-refractivity contribution >= 4 is 23.2 Å².